The molecule has 110 valence electrons. The molecule has 0 aromatic rings. The number of hydrogen-bond acceptors (Lipinski definition) is 0. The van der Waals surface area contributed by atoms with Gasteiger partial charge in [0.05, 0.1) is 0 Å². The van der Waals surface area contributed by atoms with Gasteiger partial charge in [-0.2, -0.15) is 0 Å². The molecule has 0 aromatic heterocycles. The zero-order chi connectivity index (χ0) is 14.0. The largest absolute Gasteiger partial charge is 0.0977 e. The van der Waals surface area contributed by atoms with Crippen LogP contribution in [0.4, 0.5) is 0 Å². The van der Waals surface area contributed by atoms with Gasteiger partial charge in [0.1, 0.15) is 0 Å². The minimum Gasteiger partial charge on any atom is -0.0977 e. The predicted molar refractivity (Wildman–Crippen MR) is 89.3 cm³/mol. The summed E-state index contributed by atoms with van der Waals surface area (Å²) in [4.78, 5) is 0. The lowest BCUT2D eigenvalue weighted by molar-refractivity contribution is 0.622. The standard InChI is InChI=1S/C17H37P/c1-7-11-13-16(9-3)18(15(5)6)17(10-4)14-12-8-2/h15-17H,7-14H2,1-6H3. The first-order valence-electron chi connectivity index (χ1n) is 8.39. The molecule has 0 saturated heterocycles. The van der Waals surface area contributed by atoms with E-state index in [1.54, 1.807) is 0 Å². The number of unbranched alkanes of at least 4 members (excludes halogenated alkanes) is 2. The zero-order valence-corrected chi connectivity index (χ0v) is 14.7. The number of rotatable bonds is 11. The van der Waals surface area contributed by atoms with Gasteiger partial charge in [-0.25, -0.2) is 0 Å². The molecule has 0 heterocycles. The molecule has 0 rings (SSSR count). The van der Waals surface area contributed by atoms with E-state index in [0.29, 0.717) is 0 Å². The van der Waals surface area contributed by atoms with Gasteiger partial charge in [0, 0.05) is 0 Å². The van der Waals surface area contributed by atoms with Crippen molar-refractivity contribution in [1.82, 2.24) is 0 Å². The molecule has 0 nitrogen and oxygen atoms in total. The van der Waals surface area contributed by atoms with E-state index in [0.717, 1.165) is 17.0 Å². The van der Waals surface area contributed by atoms with Crippen LogP contribution < -0.4 is 0 Å². The van der Waals surface area contributed by atoms with Gasteiger partial charge in [0.15, 0.2) is 0 Å². The van der Waals surface area contributed by atoms with Gasteiger partial charge in [-0.3, -0.25) is 0 Å². The van der Waals surface area contributed by atoms with E-state index >= 15 is 0 Å². The first kappa shape index (κ1) is 18.4. The Morgan fingerprint density at radius 2 is 1.11 bits per heavy atom. The monoisotopic (exact) mass is 272 g/mol. The Bertz CT molecular complexity index is 160. The van der Waals surface area contributed by atoms with Crippen molar-refractivity contribution in [3.05, 3.63) is 0 Å². The van der Waals surface area contributed by atoms with Gasteiger partial charge in [-0.15, -0.1) is 0 Å². The molecule has 0 fully saturated rings. The van der Waals surface area contributed by atoms with Crippen LogP contribution >= 0.6 is 7.92 Å². The van der Waals surface area contributed by atoms with E-state index in [2.05, 4.69) is 41.5 Å². The molecule has 0 bridgehead atoms. The second kappa shape index (κ2) is 11.3. The van der Waals surface area contributed by atoms with E-state index in [1.165, 1.54) is 51.4 Å². The van der Waals surface area contributed by atoms with Gasteiger partial charge >= 0.3 is 0 Å². The van der Waals surface area contributed by atoms with Gasteiger partial charge in [-0.1, -0.05) is 75.1 Å². The van der Waals surface area contributed by atoms with Crippen LogP contribution in [0.5, 0.6) is 0 Å². The molecule has 2 unspecified atom stereocenters. The van der Waals surface area contributed by atoms with Crippen molar-refractivity contribution in [3.63, 3.8) is 0 Å². The summed E-state index contributed by atoms with van der Waals surface area (Å²) in [5.41, 5.74) is 2.98. The van der Waals surface area contributed by atoms with Crippen LogP contribution in [0.25, 0.3) is 0 Å². The van der Waals surface area contributed by atoms with Crippen molar-refractivity contribution in [1.29, 1.82) is 0 Å². The smallest absolute Gasteiger partial charge is 0.0207 e. The molecule has 0 N–H and O–H groups in total. The third-order valence-corrected chi connectivity index (χ3v) is 8.29. The van der Waals surface area contributed by atoms with Crippen LogP contribution in [0.2, 0.25) is 0 Å². The highest BCUT2D eigenvalue weighted by Gasteiger charge is 2.28. The molecule has 18 heavy (non-hydrogen) atoms. The first-order valence-corrected chi connectivity index (χ1v) is 9.94. The zero-order valence-electron chi connectivity index (χ0n) is 13.8. The molecule has 0 aromatic carbocycles. The number of hydrogen-bond donors (Lipinski definition) is 0. The fourth-order valence-electron chi connectivity index (χ4n) is 3.15. The van der Waals surface area contributed by atoms with Crippen molar-refractivity contribution in [3.8, 4) is 0 Å². The van der Waals surface area contributed by atoms with Gasteiger partial charge in [0.25, 0.3) is 0 Å². The summed E-state index contributed by atoms with van der Waals surface area (Å²) in [6, 6.07) is 0. The molecule has 0 amide bonds. The Balaban J connectivity index is 4.64. The summed E-state index contributed by atoms with van der Waals surface area (Å²) in [5, 5.41) is 0. The van der Waals surface area contributed by atoms with Gasteiger partial charge in [0.2, 0.25) is 0 Å². The summed E-state index contributed by atoms with van der Waals surface area (Å²) >= 11 is 0. The van der Waals surface area contributed by atoms with Crippen LogP contribution in [0.3, 0.4) is 0 Å². The third-order valence-electron chi connectivity index (χ3n) is 4.16. The second-order valence-corrected chi connectivity index (χ2v) is 9.34. The molecular weight excluding hydrogens is 235 g/mol. The highest BCUT2D eigenvalue weighted by molar-refractivity contribution is 7.59. The lowest BCUT2D eigenvalue weighted by atomic mass is 10.1. The van der Waals surface area contributed by atoms with E-state index < -0.39 is 0 Å². The van der Waals surface area contributed by atoms with Crippen LogP contribution in [0, 0.1) is 0 Å². The van der Waals surface area contributed by atoms with E-state index in [1.807, 2.05) is 0 Å². The maximum absolute atomic E-state index is 2.48. The lowest BCUT2D eigenvalue weighted by Gasteiger charge is -2.37. The van der Waals surface area contributed by atoms with E-state index in [-0.39, 0.29) is 7.92 Å². The summed E-state index contributed by atoms with van der Waals surface area (Å²) in [5.74, 6) is 0. The molecule has 1 heteroatoms. The van der Waals surface area contributed by atoms with Crippen molar-refractivity contribution in [2.24, 2.45) is 0 Å². The minimum atomic E-state index is 0.230. The van der Waals surface area contributed by atoms with E-state index in [9.17, 15) is 0 Å². The van der Waals surface area contributed by atoms with Crippen LogP contribution in [0.1, 0.15) is 92.9 Å². The quantitative estimate of drug-likeness (QED) is 0.362. The maximum Gasteiger partial charge on any atom is -0.0207 e. The lowest BCUT2D eigenvalue weighted by Crippen LogP contribution is -2.20. The SMILES string of the molecule is CCCCC(CC)P(C(C)C)C(CC)CCCC. The van der Waals surface area contributed by atoms with Crippen molar-refractivity contribution >= 4 is 7.92 Å². The molecular formula is C17H37P. The van der Waals surface area contributed by atoms with Crippen LogP contribution in [-0.2, 0) is 0 Å². The molecule has 0 aliphatic rings. The highest BCUT2D eigenvalue weighted by atomic mass is 31.1. The van der Waals surface area contributed by atoms with E-state index in [4.69, 9.17) is 0 Å². The minimum absolute atomic E-state index is 0.230. The topological polar surface area (TPSA) is 0 Å². The molecule has 0 radical (unpaired) electrons. The highest BCUT2D eigenvalue weighted by Crippen LogP contribution is 2.55. The Labute approximate surface area is 118 Å². The Morgan fingerprint density at radius 3 is 1.33 bits per heavy atom. The van der Waals surface area contributed by atoms with Crippen molar-refractivity contribution in [2.75, 3.05) is 0 Å². The average Bonchev–Trinajstić information content (AvgIpc) is 2.37. The van der Waals surface area contributed by atoms with Crippen LogP contribution in [0.15, 0.2) is 0 Å². The molecule has 0 aliphatic carbocycles. The Kier molecular flexibility index (Phi) is 11.5. The third kappa shape index (κ3) is 6.55. The first-order chi connectivity index (χ1) is 8.62. The van der Waals surface area contributed by atoms with Crippen LogP contribution in [-0.4, -0.2) is 17.0 Å². The second-order valence-electron chi connectivity index (χ2n) is 5.95. The fourth-order valence-corrected chi connectivity index (χ4v) is 7.24. The summed E-state index contributed by atoms with van der Waals surface area (Å²) < 4.78 is 0. The summed E-state index contributed by atoms with van der Waals surface area (Å²) in [6.07, 6.45) is 11.4. The molecule has 0 spiro atoms. The van der Waals surface area contributed by atoms with Gasteiger partial charge < -0.3 is 0 Å². The van der Waals surface area contributed by atoms with Crippen molar-refractivity contribution < 1.29 is 0 Å². The molecule has 0 saturated carbocycles. The van der Waals surface area contributed by atoms with Crippen molar-refractivity contribution in [2.45, 2.75) is 110 Å². The van der Waals surface area contributed by atoms with Gasteiger partial charge in [-0.05, 0) is 42.7 Å². The summed E-state index contributed by atoms with van der Waals surface area (Å²) in [6.45, 7) is 14.5. The predicted octanol–water partition coefficient (Wildman–Crippen LogP) is 6.81. The molecule has 0 aliphatic heterocycles. The maximum atomic E-state index is 2.48. The Hall–Kier alpha value is 0.430. The average molecular weight is 272 g/mol. The fraction of sp³-hybridized carbons (Fsp3) is 1.00. The Morgan fingerprint density at radius 1 is 0.722 bits per heavy atom. The molecule has 2 atom stereocenters. The summed E-state index contributed by atoms with van der Waals surface area (Å²) in [7, 11) is 0.230. The normalized spacial score (nSPS) is 16.8.